The zero-order chi connectivity index (χ0) is 17.8. The number of nitrogens with zero attached hydrogens (tertiary/aromatic N) is 2. The van der Waals surface area contributed by atoms with E-state index in [1.54, 1.807) is 4.68 Å². The third-order valence-electron chi connectivity index (χ3n) is 3.99. The molecule has 3 rings (SSSR count). The Kier molecular flexibility index (Phi) is 4.98. The van der Waals surface area contributed by atoms with E-state index in [-0.39, 0.29) is 11.9 Å². The Bertz CT molecular complexity index is 852. The molecule has 0 amide bonds. The van der Waals surface area contributed by atoms with Crippen LogP contribution in [0.4, 0.5) is 0 Å². The van der Waals surface area contributed by atoms with E-state index >= 15 is 0 Å². The number of rotatable bonds is 5. The van der Waals surface area contributed by atoms with Crippen molar-refractivity contribution in [1.29, 1.82) is 0 Å². The van der Waals surface area contributed by atoms with Crippen LogP contribution in [0.3, 0.4) is 0 Å². The molecule has 0 atom stereocenters. The van der Waals surface area contributed by atoms with E-state index < -0.39 is 0 Å². The van der Waals surface area contributed by atoms with Gasteiger partial charge in [-0.2, -0.15) is 5.10 Å². The molecular weight excluding hydrogens is 312 g/mol. The van der Waals surface area contributed by atoms with Gasteiger partial charge in [-0.3, -0.25) is 0 Å². The van der Waals surface area contributed by atoms with Crippen molar-refractivity contribution >= 4 is 5.97 Å². The van der Waals surface area contributed by atoms with Gasteiger partial charge in [-0.1, -0.05) is 62.4 Å². The molecule has 0 unspecified atom stereocenters. The van der Waals surface area contributed by atoms with Crippen molar-refractivity contribution in [3.63, 3.8) is 0 Å². The molecule has 2 aromatic carbocycles. The fourth-order valence-corrected chi connectivity index (χ4v) is 2.87. The minimum atomic E-state index is -0.357. The van der Waals surface area contributed by atoms with E-state index in [0.717, 1.165) is 22.5 Å². The lowest BCUT2D eigenvalue weighted by atomic mass is 9.97. The molecule has 4 heteroatoms. The van der Waals surface area contributed by atoms with Crippen LogP contribution in [-0.4, -0.2) is 22.4 Å². The molecular formula is C21H22N2O2. The molecule has 0 aliphatic carbocycles. The summed E-state index contributed by atoms with van der Waals surface area (Å²) in [5.74, 6) is -0.182. The Morgan fingerprint density at radius 1 is 1.04 bits per heavy atom. The second-order valence-corrected chi connectivity index (χ2v) is 6.10. The first kappa shape index (κ1) is 17.0. The van der Waals surface area contributed by atoms with E-state index in [2.05, 4.69) is 13.8 Å². The van der Waals surface area contributed by atoms with Gasteiger partial charge in [0, 0.05) is 5.56 Å². The summed E-state index contributed by atoms with van der Waals surface area (Å²) in [5.41, 5.74) is 4.02. The predicted octanol–water partition coefficient (Wildman–Crippen LogP) is 4.84. The number of aromatic nitrogens is 2. The summed E-state index contributed by atoms with van der Waals surface area (Å²) >= 11 is 0. The van der Waals surface area contributed by atoms with Crippen LogP contribution in [-0.2, 0) is 4.74 Å². The van der Waals surface area contributed by atoms with Crippen LogP contribution in [0.1, 0.15) is 42.9 Å². The fourth-order valence-electron chi connectivity index (χ4n) is 2.87. The Balaban J connectivity index is 2.31. The maximum atomic E-state index is 12.8. The highest BCUT2D eigenvalue weighted by Crippen LogP contribution is 2.34. The Labute approximate surface area is 148 Å². The number of hydrogen-bond acceptors (Lipinski definition) is 3. The minimum absolute atomic E-state index is 0.174. The Hall–Kier alpha value is -2.88. The molecule has 0 saturated carbocycles. The van der Waals surface area contributed by atoms with Gasteiger partial charge >= 0.3 is 5.97 Å². The molecule has 0 saturated heterocycles. The van der Waals surface area contributed by atoms with Crippen LogP contribution in [0.15, 0.2) is 60.7 Å². The Morgan fingerprint density at radius 2 is 1.64 bits per heavy atom. The lowest BCUT2D eigenvalue weighted by molar-refractivity contribution is 0.0516. The van der Waals surface area contributed by atoms with Crippen molar-refractivity contribution in [1.82, 2.24) is 9.78 Å². The van der Waals surface area contributed by atoms with E-state index in [1.165, 1.54) is 0 Å². The fraction of sp³-hybridized carbons (Fsp3) is 0.238. The highest BCUT2D eigenvalue weighted by Gasteiger charge is 2.27. The number of carbonyl (C=O) groups is 1. The van der Waals surface area contributed by atoms with E-state index in [9.17, 15) is 4.79 Å². The average Bonchev–Trinajstić information content (AvgIpc) is 3.04. The summed E-state index contributed by atoms with van der Waals surface area (Å²) in [6.07, 6.45) is 0. The van der Waals surface area contributed by atoms with Crippen molar-refractivity contribution in [3.05, 3.63) is 72.1 Å². The number of para-hydroxylation sites is 1. The van der Waals surface area contributed by atoms with Crippen molar-refractivity contribution < 1.29 is 9.53 Å². The average molecular weight is 334 g/mol. The maximum absolute atomic E-state index is 12.8. The molecule has 0 bridgehead atoms. The second-order valence-electron chi connectivity index (χ2n) is 6.10. The molecule has 0 spiro atoms. The SMILES string of the molecule is CCOC(=O)c1c(-c2ccccc2)c(C(C)C)nn1-c1ccccc1. The van der Waals surface area contributed by atoms with Crippen molar-refractivity contribution in [3.8, 4) is 16.8 Å². The van der Waals surface area contributed by atoms with Crippen LogP contribution >= 0.6 is 0 Å². The van der Waals surface area contributed by atoms with Crippen molar-refractivity contribution in [2.24, 2.45) is 0 Å². The summed E-state index contributed by atoms with van der Waals surface area (Å²) in [4.78, 5) is 12.8. The molecule has 0 radical (unpaired) electrons. The summed E-state index contributed by atoms with van der Waals surface area (Å²) < 4.78 is 7.05. The van der Waals surface area contributed by atoms with Gasteiger partial charge in [0.1, 0.15) is 0 Å². The van der Waals surface area contributed by atoms with E-state index in [4.69, 9.17) is 9.84 Å². The topological polar surface area (TPSA) is 44.1 Å². The summed E-state index contributed by atoms with van der Waals surface area (Å²) in [6, 6.07) is 19.6. The molecule has 128 valence electrons. The molecule has 0 fully saturated rings. The molecule has 0 N–H and O–H groups in total. The predicted molar refractivity (Wildman–Crippen MR) is 99.0 cm³/mol. The first-order valence-electron chi connectivity index (χ1n) is 8.54. The summed E-state index contributed by atoms with van der Waals surface area (Å²) in [6.45, 7) is 6.30. The van der Waals surface area contributed by atoms with Crippen molar-refractivity contribution in [2.75, 3.05) is 6.61 Å². The number of hydrogen-bond donors (Lipinski definition) is 0. The Morgan fingerprint density at radius 3 is 2.20 bits per heavy atom. The lowest BCUT2D eigenvalue weighted by Crippen LogP contribution is -2.13. The molecule has 25 heavy (non-hydrogen) atoms. The quantitative estimate of drug-likeness (QED) is 0.627. The molecule has 3 aromatic rings. The van der Waals surface area contributed by atoms with E-state index in [0.29, 0.717) is 12.3 Å². The minimum Gasteiger partial charge on any atom is -0.461 e. The van der Waals surface area contributed by atoms with Gasteiger partial charge in [0.25, 0.3) is 0 Å². The lowest BCUT2D eigenvalue weighted by Gasteiger charge is -2.10. The number of benzene rings is 2. The molecule has 4 nitrogen and oxygen atoms in total. The third kappa shape index (κ3) is 3.33. The van der Waals surface area contributed by atoms with Crippen molar-refractivity contribution in [2.45, 2.75) is 26.7 Å². The smallest absolute Gasteiger partial charge is 0.357 e. The first-order valence-corrected chi connectivity index (χ1v) is 8.54. The maximum Gasteiger partial charge on any atom is 0.357 e. The zero-order valence-electron chi connectivity index (χ0n) is 14.8. The van der Waals surface area contributed by atoms with Crippen LogP contribution < -0.4 is 0 Å². The van der Waals surface area contributed by atoms with Gasteiger partial charge in [-0.05, 0) is 30.5 Å². The number of carbonyl (C=O) groups excluding carboxylic acids is 1. The summed E-state index contributed by atoms with van der Waals surface area (Å²) in [5, 5.41) is 4.78. The first-order chi connectivity index (χ1) is 12.1. The molecule has 1 heterocycles. The highest BCUT2D eigenvalue weighted by atomic mass is 16.5. The van der Waals surface area contributed by atoms with Crippen LogP contribution in [0.25, 0.3) is 16.8 Å². The van der Waals surface area contributed by atoms with E-state index in [1.807, 2.05) is 67.6 Å². The van der Waals surface area contributed by atoms with Gasteiger partial charge in [-0.25, -0.2) is 9.48 Å². The molecule has 0 aliphatic rings. The van der Waals surface area contributed by atoms with Gasteiger partial charge in [0.15, 0.2) is 5.69 Å². The van der Waals surface area contributed by atoms with Gasteiger partial charge in [-0.15, -0.1) is 0 Å². The third-order valence-corrected chi connectivity index (χ3v) is 3.99. The van der Waals surface area contributed by atoms with Gasteiger partial charge in [0.05, 0.1) is 18.0 Å². The largest absolute Gasteiger partial charge is 0.461 e. The van der Waals surface area contributed by atoms with Crippen LogP contribution in [0.5, 0.6) is 0 Å². The monoisotopic (exact) mass is 334 g/mol. The van der Waals surface area contributed by atoms with Crippen LogP contribution in [0, 0.1) is 0 Å². The molecule has 1 aromatic heterocycles. The summed E-state index contributed by atoms with van der Waals surface area (Å²) in [7, 11) is 0. The zero-order valence-corrected chi connectivity index (χ0v) is 14.8. The van der Waals surface area contributed by atoms with Gasteiger partial charge in [0.2, 0.25) is 0 Å². The second kappa shape index (κ2) is 7.34. The van der Waals surface area contributed by atoms with Crippen LogP contribution in [0.2, 0.25) is 0 Å². The molecule has 0 aliphatic heterocycles. The standard InChI is InChI=1S/C21H22N2O2/c1-4-25-21(24)20-18(16-11-7-5-8-12-16)19(15(2)3)22-23(20)17-13-9-6-10-14-17/h5-15H,4H2,1-3H3. The number of ether oxygens (including phenoxy) is 1. The number of esters is 1. The highest BCUT2D eigenvalue weighted by molar-refractivity contribution is 5.97. The van der Waals surface area contributed by atoms with Gasteiger partial charge < -0.3 is 4.74 Å². The normalized spacial score (nSPS) is 10.9.